The van der Waals surface area contributed by atoms with E-state index in [4.69, 9.17) is 4.74 Å². The molecule has 2 heterocycles. The van der Waals surface area contributed by atoms with Gasteiger partial charge in [0.25, 0.3) is 0 Å². The third kappa shape index (κ3) is 2.36. The van der Waals surface area contributed by atoms with Crippen LogP contribution in [0.1, 0.15) is 24.9 Å². The van der Waals surface area contributed by atoms with Gasteiger partial charge in [-0.1, -0.05) is 13.0 Å². The Kier molecular flexibility index (Phi) is 3.35. The van der Waals surface area contributed by atoms with Crippen LogP contribution < -0.4 is 5.32 Å². The molecule has 0 amide bonds. The second-order valence-corrected chi connectivity index (χ2v) is 3.52. The fraction of sp³-hybridized carbons (Fsp3) is 0.417. The van der Waals surface area contributed by atoms with Crippen molar-refractivity contribution in [3.05, 3.63) is 41.9 Å². The molecular weight excluding hydrogens is 188 g/mol. The molecule has 0 aromatic carbocycles. The lowest BCUT2D eigenvalue weighted by molar-refractivity contribution is 0.216. The van der Waals surface area contributed by atoms with Crippen LogP contribution in [0, 0.1) is 0 Å². The van der Waals surface area contributed by atoms with Gasteiger partial charge in [-0.2, -0.15) is 0 Å². The van der Waals surface area contributed by atoms with E-state index < -0.39 is 0 Å². The zero-order valence-corrected chi connectivity index (χ0v) is 8.94. The first kappa shape index (κ1) is 10.2. The van der Waals surface area contributed by atoms with Crippen molar-refractivity contribution in [3.63, 3.8) is 0 Å². The Morgan fingerprint density at radius 2 is 2.53 bits per heavy atom. The Bertz CT molecular complexity index is 335. The first-order valence-electron chi connectivity index (χ1n) is 5.38. The summed E-state index contributed by atoms with van der Waals surface area (Å²) in [5.41, 5.74) is 1.16. The molecule has 1 atom stereocenters. The molecule has 0 radical (unpaired) electrons. The Morgan fingerprint density at radius 1 is 1.60 bits per heavy atom. The zero-order chi connectivity index (χ0) is 10.5. The maximum Gasteiger partial charge on any atom is 0.114 e. The molecule has 0 spiro atoms. The summed E-state index contributed by atoms with van der Waals surface area (Å²) in [5.74, 6) is 1.03. The SMILES string of the molecule is CCNC(C1=CCCO1)c1cccnc1. The fourth-order valence-electron chi connectivity index (χ4n) is 1.77. The van der Waals surface area contributed by atoms with E-state index in [9.17, 15) is 0 Å². The second kappa shape index (κ2) is 4.94. The molecule has 15 heavy (non-hydrogen) atoms. The van der Waals surface area contributed by atoms with E-state index in [1.54, 1.807) is 6.20 Å². The third-order valence-corrected chi connectivity index (χ3v) is 2.44. The van der Waals surface area contributed by atoms with E-state index in [1.807, 2.05) is 12.3 Å². The predicted octanol–water partition coefficient (Wildman–Crippen LogP) is 2.04. The van der Waals surface area contributed by atoms with Crippen molar-refractivity contribution in [1.82, 2.24) is 10.3 Å². The van der Waals surface area contributed by atoms with Gasteiger partial charge in [0.2, 0.25) is 0 Å². The van der Waals surface area contributed by atoms with Gasteiger partial charge in [-0.25, -0.2) is 0 Å². The molecule has 0 bridgehead atoms. The maximum atomic E-state index is 5.59. The Labute approximate surface area is 90.2 Å². The summed E-state index contributed by atoms with van der Waals surface area (Å²) in [6.07, 6.45) is 6.84. The van der Waals surface area contributed by atoms with Crippen LogP contribution in [0.25, 0.3) is 0 Å². The Balaban J connectivity index is 2.19. The molecule has 1 aromatic rings. The van der Waals surface area contributed by atoms with E-state index in [2.05, 4.69) is 29.4 Å². The lowest BCUT2D eigenvalue weighted by atomic mass is 10.1. The number of rotatable bonds is 4. The predicted molar refractivity (Wildman–Crippen MR) is 59.3 cm³/mol. The molecule has 1 unspecified atom stereocenters. The van der Waals surface area contributed by atoms with Crippen molar-refractivity contribution < 1.29 is 4.74 Å². The molecule has 1 aliphatic heterocycles. The summed E-state index contributed by atoms with van der Waals surface area (Å²) in [6.45, 7) is 3.82. The summed E-state index contributed by atoms with van der Waals surface area (Å²) < 4.78 is 5.59. The third-order valence-electron chi connectivity index (χ3n) is 2.44. The number of likely N-dealkylation sites (N-methyl/N-ethyl adjacent to an activating group) is 1. The summed E-state index contributed by atoms with van der Waals surface area (Å²) in [5, 5.41) is 3.41. The highest BCUT2D eigenvalue weighted by atomic mass is 16.5. The summed E-state index contributed by atoms with van der Waals surface area (Å²) in [6, 6.07) is 4.18. The first-order valence-corrected chi connectivity index (χ1v) is 5.38. The highest BCUT2D eigenvalue weighted by Gasteiger charge is 2.19. The molecule has 1 N–H and O–H groups in total. The minimum atomic E-state index is 0.159. The molecule has 0 fully saturated rings. The van der Waals surface area contributed by atoms with E-state index in [-0.39, 0.29) is 6.04 Å². The van der Waals surface area contributed by atoms with Gasteiger partial charge in [-0.3, -0.25) is 4.98 Å². The van der Waals surface area contributed by atoms with Crippen molar-refractivity contribution >= 4 is 0 Å². The second-order valence-electron chi connectivity index (χ2n) is 3.52. The normalized spacial score (nSPS) is 17.0. The highest BCUT2D eigenvalue weighted by molar-refractivity contribution is 5.23. The van der Waals surface area contributed by atoms with Gasteiger partial charge < -0.3 is 10.1 Å². The van der Waals surface area contributed by atoms with Crippen LogP contribution in [0.2, 0.25) is 0 Å². The fourth-order valence-corrected chi connectivity index (χ4v) is 1.77. The molecular formula is C12H16N2O. The molecule has 0 aliphatic carbocycles. The first-order chi connectivity index (χ1) is 7.42. The van der Waals surface area contributed by atoms with Crippen LogP contribution in [-0.2, 0) is 4.74 Å². The number of nitrogens with zero attached hydrogens (tertiary/aromatic N) is 1. The minimum Gasteiger partial charge on any atom is -0.496 e. The lowest BCUT2D eigenvalue weighted by Crippen LogP contribution is -2.23. The summed E-state index contributed by atoms with van der Waals surface area (Å²) >= 11 is 0. The number of aromatic nitrogens is 1. The smallest absolute Gasteiger partial charge is 0.114 e. The van der Waals surface area contributed by atoms with Crippen LogP contribution in [0.3, 0.4) is 0 Å². The van der Waals surface area contributed by atoms with Crippen molar-refractivity contribution in [2.24, 2.45) is 0 Å². The monoisotopic (exact) mass is 204 g/mol. The van der Waals surface area contributed by atoms with Crippen molar-refractivity contribution in [1.29, 1.82) is 0 Å². The number of pyridine rings is 1. The van der Waals surface area contributed by atoms with Crippen LogP contribution in [-0.4, -0.2) is 18.1 Å². The molecule has 3 heteroatoms. The number of nitrogens with one attached hydrogen (secondary N) is 1. The maximum absolute atomic E-state index is 5.59. The zero-order valence-electron chi connectivity index (χ0n) is 8.94. The number of hydrogen-bond donors (Lipinski definition) is 1. The standard InChI is InChI=1S/C12H16N2O/c1-2-14-12(11-6-4-8-15-11)10-5-3-7-13-9-10/h3,5-7,9,12,14H,2,4,8H2,1H3. The molecule has 1 aliphatic rings. The number of hydrogen-bond acceptors (Lipinski definition) is 3. The Morgan fingerprint density at radius 3 is 3.13 bits per heavy atom. The quantitative estimate of drug-likeness (QED) is 0.815. The average molecular weight is 204 g/mol. The van der Waals surface area contributed by atoms with E-state index in [1.165, 1.54) is 0 Å². The van der Waals surface area contributed by atoms with Crippen LogP contribution in [0.5, 0.6) is 0 Å². The summed E-state index contributed by atoms with van der Waals surface area (Å²) in [7, 11) is 0. The molecule has 0 saturated heterocycles. The van der Waals surface area contributed by atoms with Crippen molar-refractivity contribution in [2.45, 2.75) is 19.4 Å². The molecule has 3 nitrogen and oxygen atoms in total. The Hall–Kier alpha value is -1.35. The van der Waals surface area contributed by atoms with Gasteiger partial charge in [-0.15, -0.1) is 0 Å². The van der Waals surface area contributed by atoms with Crippen molar-refractivity contribution in [3.8, 4) is 0 Å². The van der Waals surface area contributed by atoms with Gasteiger partial charge in [0.05, 0.1) is 12.6 Å². The van der Waals surface area contributed by atoms with Gasteiger partial charge in [0.1, 0.15) is 5.76 Å². The molecule has 80 valence electrons. The van der Waals surface area contributed by atoms with Crippen LogP contribution in [0.4, 0.5) is 0 Å². The molecule has 0 saturated carbocycles. The average Bonchev–Trinajstić information content (AvgIpc) is 2.80. The highest BCUT2D eigenvalue weighted by Crippen LogP contribution is 2.25. The lowest BCUT2D eigenvalue weighted by Gasteiger charge is -2.18. The molecule has 2 rings (SSSR count). The topological polar surface area (TPSA) is 34.1 Å². The van der Waals surface area contributed by atoms with Gasteiger partial charge >= 0.3 is 0 Å². The largest absolute Gasteiger partial charge is 0.496 e. The van der Waals surface area contributed by atoms with Gasteiger partial charge in [0, 0.05) is 18.8 Å². The van der Waals surface area contributed by atoms with Crippen molar-refractivity contribution in [2.75, 3.05) is 13.2 Å². The minimum absolute atomic E-state index is 0.159. The van der Waals surface area contributed by atoms with Crippen LogP contribution in [0.15, 0.2) is 36.4 Å². The number of ether oxygens (including phenoxy) is 1. The summed E-state index contributed by atoms with van der Waals surface area (Å²) in [4.78, 5) is 4.14. The van der Waals surface area contributed by atoms with Gasteiger partial charge in [0.15, 0.2) is 0 Å². The van der Waals surface area contributed by atoms with E-state index in [0.29, 0.717) is 0 Å². The molecule has 1 aromatic heterocycles. The van der Waals surface area contributed by atoms with E-state index in [0.717, 1.165) is 30.9 Å². The van der Waals surface area contributed by atoms with Crippen LogP contribution >= 0.6 is 0 Å². The van der Waals surface area contributed by atoms with E-state index >= 15 is 0 Å². The van der Waals surface area contributed by atoms with Gasteiger partial charge in [-0.05, 0) is 24.3 Å².